The first-order valence-electron chi connectivity index (χ1n) is 6.23. The van der Waals surface area contributed by atoms with E-state index in [0.29, 0.717) is 11.7 Å². The van der Waals surface area contributed by atoms with Crippen LogP contribution < -0.4 is 4.74 Å². The highest BCUT2D eigenvalue weighted by Gasteiger charge is 2.25. The summed E-state index contributed by atoms with van der Waals surface area (Å²) >= 11 is 0. The number of carbonyl (C=O) groups excluding carboxylic acids is 2. The third kappa shape index (κ3) is 2.93. The van der Waals surface area contributed by atoms with Crippen LogP contribution in [0.2, 0.25) is 0 Å². The lowest BCUT2D eigenvalue weighted by Crippen LogP contribution is -2.11. The number of ether oxygens (including phenoxy) is 2. The molecule has 21 heavy (non-hydrogen) atoms. The standard InChI is InChI=1S/C13H14N2O6/c1-5-18-11(16)9-6(2)13(21-15-9)20-12(17)10-7(3)19-8(4)14-10/h5H2,1-4H3. The molecule has 0 aliphatic carbocycles. The van der Waals surface area contributed by atoms with Gasteiger partial charge in [0.1, 0.15) is 5.76 Å². The number of carbonyl (C=O) groups is 2. The number of hydrogen-bond acceptors (Lipinski definition) is 8. The zero-order chi connectivity index (χ0) is 15.6. The lowest BCUT2D eigenvalue weighted by Gasteiger charge is -1.99. The number of aromatic nitrogens is 2. The van der Waals surface area contributed by atoms with Crippen LogP contribution in [-0.2, 0) is 4.74 Å². The average Bonchev–Trinajstić information content (AvgIpc) is 2.93. The van der Waals surface area contributed by atoms with Gasteiger partial charge in [0, 0.05) is 6.92 Å². The Labute approximate surface area is 120 Å². The van der Waals surface area contributed by atoms with E-state index in [0.717, 1.165) is 0 Å². The van der Waals surface area contributed by atoms with Crippen LogP contribution in [0, 0.1) is 20.8 Å². The molecule has 0 saturated heterocycles. The first-order valence-corrected chi connectivity index (χ1v) is 6.23. The van der Waals surface area contributed by atoms with Gasteiger partial charge in [-0.25, -0.2) is 14.6 Å². The van der Waals surface area contributed by atoms with Crippen LogP contribution in [0.1, 0.15) is 45.1 Å². The van der Waals surface area contributed by atoms with Crippen LogP contribution in [-0.4, -0.2) is 28.7 Å². The molecule has 0 spiro atoms. The zero-order valence-corrected chi connectivity index (χ0v) is 12.1. The summed E-state index contributed by atoms with van der Waals surface area (Å²) < 4.78 is 19.8. The Hall–Kier alpha value is -2.64. The molecule has 2 aromatic heterocycles. The Kier molecular flexibility index (Phi) is 4.06. The Balaban J connectivity index is 2.19. The highest BCUT2D eigenvalue weighted by molar-refractivity contribution is 5.91. The minimum atomic E-state index is -0.751. The summed E-state index contributed by atoms with van der Waals surface area (Å²) in [6.07, 6.45) is 0. The topological polar surface area (TPSA) is 105 Å². The fourth-order valence-corrected chi connectivity index (χ4v) is 1.66. The van der Waals surface area contributed by atoms with Gasteiger partial charge in [0.2, 0.25) is 0 Å². The molecule has 0 aromatic carbocycles. The van der Waals surface area contributed by atoms with Gasteiger partial charge in [-0.3, -0.25) is 0 Å². The molecule has 0 aliphatic heterocycles. The number of rotatable bonds is 4. The van der Waals surface area contributed by atoms with Crippen molar-refractivity contribution in [2.24, 2.45) is 0 Å². The molecular weight excluding hydrogens is 280 g/mol. The second kappa shape index (κ2) is 5.78. The van der Waals surface area contributed by atoms with Gasteiger partial charge >= 0.3 is 17.9 Å². The predicted molar refractivity (Wildman–Crippen MR) is 68.1 cm³/mol. The van der Waals surface area contributed by atoms with Crippen molar-refractivity contribution in [3.05, 3.63) is 28.6 Å². The van der Waals surface area contributed by atoms with Gasteiger partial charge in [-0.05, 0) is 20.8 Å². The second-order valence-corrected chi connectivity index (χ2v) is 4.19. The zero-order valence-electron chi connectivity index (χ0n) is 12.1. The molecule has 0 bridgehead atoms. The Morgan fingerprint density at radius 2 is 1.86 bits per heavy atom. The van der Waals surface area contributed by atoms with Crippen LogP contribution in [0.3, 0.4) is 0 Å². The highest BCUT2D eigenvalue weighted by atomic mass is 16.7. The van der Waals surface area contributed by atoms with E-state index in [4.69, 9.17) is 18.4 Å². The highest BCUT2D eigenvalue weighted by Crippen LogP contribution is 2.23. The number of esters is 2. The fourth-order valence-electron chi connectivity index (χ4n) is 1.66. The minimum Gasteiger partial charge on any atom is -0.461 e. The smallest absolute Gasteiger partial charge is 0.368 e. The summed E-state index contributed by atoms with van der Waals surface area (Å²) in [6.45, 7) is 6.62. The van der Waals surface area contributed by atoms with E-state index in [1.165, 1.54) is 6.92 Å². The second-order valence-electron chi connectivity index (χ2n) is 4.19. The van der Waals surface area contributed by atoms with Crippen molar-refractivity contribution in [1.29, 1.82) is 0 Å². The molecule has 0 radical (unpaired) electrons. The van der Waals surface area contributed by atoms with E-state index >= 15 is 0 Å². The molecule has 0 amide bonds. The monoisotopic (exact) mass is 294 g/mol. The van der Waals surface area contributed by atoms with Gasteiger partial charge in [0.25, 0.3) is 0 Å². The molecular formula is C13H14N2O6. The summed E-state index contributed by atoms with van der Waals surface area (Å²) in [7, 11) is 0. The molecule has 0 fully saturated rings. The van der Waals surface area contributed by atoms with Gasteiger partial charge in [-0.2, -0.15) is 0 Å². The van der Waals surface area contributed by atoms with E-state index in [1.54, 1.807) is 20.8 Å². The molecule has 2 aromatic rings. The third-order valence-electron chi connectivity index (χ3n) is 2.63. The lowest BCUT2D eigenvalue weighted by atomic mass is 10.3. The Morgan fingerprint density at radius 1 is 1.14 bits per heavy atom. The Morgan fingerprint density at radius 3 is 2.43 bits per heavy atom. The van der Waals surface area contributed by atoms with Crippen LogP contribution in [0.5, 0.6) is 5.95 Å². The number of oxazole rings is 1. The van der Waals surface area contributed by atoms with Gasteiger partial charge < -0.3 is 18.4 Å². The maximum atomic E-state index is 12.0. The molecule has 8 heteroatoms. The van der Waals surface area contributed by atoms with Crippen molar-refractivity contribution in [3.63, 3.8) is 0 Å². The summed E-state index contributed by atoms with van der Waals surface area (Å²) in [4.78, 5) is 27.4. The summed E-state index contributed by atoms with van der Waals surface area (Å²) in [5, 5.41) is 3.54. The number of nitrogens with zero attached hydrogens (tertiary/aromatic N) is 2. The lowest BCUT2D eigenvalue weighted by molar-refractivity contribution is 0.0514. The van der Waals surface area contributed by atoms with E-state index < -0.39 is 11.9 Å². The molecule has 0 unspecified atom stereocenters. The average molecular weight is 294 g/mol. The van der Waals surface area contributed by atoms with Crippen molar-refractivity contribution in [1.82, 2.24) is 10.1 Å². The van der Waals surface area contributed by atoms with Crippen molar-refractivity contribution >= 4 is 11.9 Å². The van der Waals surface area contributed by atoms with Crippen molar-refractivity contribution < 1.29 is 28.0 Å². The van der Waals surface area contributed by atoms with Crippen molar-refractivity contribution in [3.8, 4) is 5.95 Å². The quantitative estimate of drug-likeness (QED) is 0.788. The summed E-state index contributed by atoms with van der Waals surface area (Å²) in [5.41, 5.74) is 0.286. The normalized spacial score (nSPS) is 10.5. The molecule has 0 atom stereocenters. The minimum absolute atomic E-state index is 0.0345. The molecule has 0 aliphatic rings. The SMILES string of the molecule is CCOC(=O)c1noc(OC(=O)c2nc(C)oc2C)c1C. The molecule has 0 N–H and O–H groups in total. The first kappa shape index (κ1) is 14.8. The maximum Gasteiger partial charge on any atom is 0.368 e. The van der Waals surface area contributed by atoms with Crippen molar-refractivity contribution in [2.75, 3.05) is 6.61 Å². The van der Waals surface area contributed by atoms with Gasteiger partial charge in [0.15, 0.2) is 17.3 Å². The van der Waals surface area contributed by atoms with Crippen LogP contribution in [0.15, 0.2) is 8.94 Å². The molecule has 8 nitrogen and oxygen atoms in total. The van der Waals surface area contributed by atoms with Gasteiger partial charge in [0.05, 0.1) is 12.2 Å². The molecule has 0 saturated carbocycles. The van der Waals surface area contributed by atoms with Crippen LogP contribution >= 0.6 is 0 Å². The largest absolute Gasteiger partial charge is 0.461 e. The maximum absolute atomic E-state index is 12.0. The summed E-state index contributed by atoms with van der Waals surface area (Å²) in [6, 6.07) is 0. The third-order valence-corrected chi connectivity index (χ3v) is 2.63. The fraction of sp³-hybridized carbons (Fsp3) is 0.385. The molecule has 112 valence electrons. The molecule has 2 heterocycles. The van der Waals surface area contributed by atoms with E-state index in [1.807, 2.05) is 0 Å². The van der Waals surface area contributed by atoms with Crippen molar-refractivity contribution in [2.45, 2.75) is 27.7 Å². The van der Waals surface area contributed by atoms with Gasteiger partial charge in [-0.15, -0.1) is 0 Å². The predicted octanol–water partition coefficient (Wildman–Crippen LogP) is 1.98. The summed E-state index contributed by atoms with van der Waals surface area (Å²) in [5.74, 6) is -0.891. The van der Waals surface area contributed by atoms with Gasteiger partial charge in [-0.1, -0.05) is 5.16 Å². The number of hydrogen-bond donors (Lipinski definition) is 0. The van der Waals surface area contributed by atoms with E-state index in [9.17, 15) is 9.59 Å². The van der Waals surface area contributed by atoms with Crippen LogP contribution in [0.25, 0.3) is 0 Å². The Bertz CT molecular complexity index is 685. The first-order chi connectivity index (χ1) is 9.93. The van der Waals surface area contributed by atoms with E-state index in [2.05, 4.69) is 10.1 Å². The van der Waals surface area contributed by atoms with Crippen LogP contribution in [0.4, 0.5) is 0 Å². The number of aryl methyl sites for hydroxylation is 2. The molecule has 2 rings (SSSR count). The van der Waals surface area contributed by atoms with E-state index in [-0.39, 0.29) is 29.5 Å².